The van der Waals surface area contributed by atoms with E-state index in [2.05, 4.69) is 10.6 Å². The molecule has 5 saturated heterocycles. The Kier molecular flexibility index (Phi) is 9.76. The summed E-state index contributed by atoms with van der Waals surface area (Å²) in [4.78, 5) is 59.3. The number of nitrogens with zero attached hydrogens (tertiary/aromatic N) is 3. The zero-order chi connectivity index (χ0) is 33.5. The first kappa shape index (κ1) is 33.6. The van der Waals surface area contributed by atoms with Crippen LogP contribution in [-0.2, 0) is 41.4 Å². The zero-order valence-corrected chi connectivity index (χ0v) is 25.7. The molecule has 13 nitrogen and oxygen atoms in total. The fourth-order valence-corrected chi connectivity index (χ4v) is 7.29. The monoisotopic (exact) mass is 667 g/mol. The fraction of sp³-hybridized carbons (Fsp3) is 0.677. The van der Waals surface area contributed by atoms with Gasteiger partial charge in [-0.2, -0.15) is 13.2 Å². The number of aliphatic hydroxyl groups is 2. The third-order valence-corrected chi connectivity index (χ3v) is 9.89. The van der Waals surface area contributed by atoms with Crippen LogP contribution in [0.25, 0.3) is 0 Å². The Morgan fingerprint density at radius 2 is 1.66 bits per heavy atom. The second kappa shape index (κ2) is 13.7. The van der Waals surface area contributed by atoms with Gasteiger partial charge >= 0.3 is 6.18 Å². The number of carbonyl (C=O) groups excluding carboxylic acids is 4. The second-order valence-corrected chi connectivity index (χ2v) is 13.0. The van der Waals surface area contributed by atoms with Gasteiger partial charge in [-0.3, -0.25) is 24.1 Å². The average Bonchev–Trinajstić information content (AvgIpc) is 3.57. The molecule has 0 saturated carbocycles. The van der Waals surface area contributed by atoms with Crippen molar-refractivity contribution in [2.75, 3.05) is 45.9 Å². The minimum absolute atomic E-state index is 0.0966. The Balaban J connectivity index is 1.27. The highest BCUT2D eigenvalue weighted by molar-refractivity contribution is 5.91. The fourth-order valence-electron chi connectivity index (χ4n) is 7.29. The molecule has 6 bridgehead atoms. The SMILES string of the molecule is O=C1C[C@@H]2O[C@H](CNC(=O)[C@@H]3CN(CCN3C(=O)C3CCOCC3)C(=O)[C@@H]3C[C@@H](CN3Cc3ccc(C(F)(F)F)cc3)N1)[C@@H](O)[C@H]2O. The molecule has 7 atom stereocenters. The van der Waals surface area contributed by atoms with E-state index in [1.54, 1.807) is 4.90 Å². The molecule has 5 aliphatic rings. The van der Waals surface area contributed by atoms with Gasteiger partial charge in [0.05, 0.1) is 30.7 Å². The third-order valence-electron chi connectivity index (χ3n) is 9.89. The molecule has 0 aliphatic carbocycles. The van der Waals surface area contributed by atoms with Crippen LogP contribution >= 0.6 is 0 Å². The van der Waals surface area contributed by atoms with Crippen molar-refractivity contribution in [3.8, 4) is 0 Å². The van der Waals surface area contributed by atoms with Gasteiger partial charge in [-0.1, -0.05) is 12.1 Å². The first-order valence-electron chi connectivity index (χ1n) is 16.0. The number of hydrogen-bond acceptors (Lipinski definition) is 9. The molecular weight excluding hydrogens is 627 g/mol. The first-order chi connectivity index (χ1) is 22.4. The summed E-state index contributed by atoms with van der Waals surface area (Å²) in [5.41, 5.74) is -0.251. The number of alkyl halides is 3. The Bertz CT molecular complexity index is 1340. The number of rotatable bonds is 3. The maximum Gasteiger partial charge on any atom is 0.416 e. The molecule has 4 N–H and O–H groups in total. The zero-order valence-electron chi connectivity index (χ0n) is 25.7. The Morgan fingerprint density at radius 3 is 2.36 bits per heavy atom. The minimum atomic E-state index is -4.49. The van der Waals surface area contributed by atoms with Gasteiger partial charge in [0.1, 0.15) is 24.4 Å². The smallest absolute Gasteiger partial charge is 0.388 e. The van der Waals surface area contributed by atoms with Crippen LogP contribution in [0.15, 0.2) is 24.3 Å². The molecule has 5 fully saturated rings. The van der Waals surface area contributed by atoms with Crippen LogP contribution in [0.4, 0.5) is 13.2 Å². The Labute approximate surface area is 269 Å². The molecular formula is C31H40F3N5O8. The van der Waals surface area contributed by atoms with Crippen molar-refractivity contribution < 1.29 is 52.0 Å². The summed E-state index contributed by atoms with van der Waals surface area (Å²) in [7, 11) is 0. The molecule has 258 valence electrons. The highest BCUT2D eigenvalue weighted by Crippen LogP contribution is 2.31. The summed E-state index contributed by atoms with van der Waals surface area (Å²) in [6, 6.07) is 2.37. The topological polar surface area (TPSA) is 161 Å². The van der Waals surface area contributed by atoms with E-state index in [1.165, 1.54) is 21.9 Å². The standard InChI is InChI=1S/C31H40F3N5O8/c32-31(33,34)19-3-1-17(2-4-19)14-38-15-20-11-21(38)30(45)37-7-8-39(29(44)18-5-9-46-10-6-18)22(16-37)28(43)35-13-24-27(42)26(41)23(47-24)12-25(40)36-20/h1-4,18,20-24,26-27,41-42H,5-16H2,(H,35,43)(H,36,40)/t20-,21-,22-,23-,24+,26-,27+/m0/s1. The lowest BCUT2D eigenvalue weighted by Gasteiger charge is -2.43. The molecule has 16 heteroatoms. The quantitative estimate of drug-likeness (QED) is 0.325. The Morgan fingerprint density at radius 1 is 0.957 bits per heavy atom. The summed E-state index contributed by atoms with van der Waals surface area (Å²) in [5.74, 6) is -1.85. The van der Waals surface area contributed by atoms with Crippen LogP contribution in [0.1, 0.15) is 36.8 Å². The molecule has 0 aromatic heterocycles. The highest BCUT2D eigenvalue weighted by Gasteiger charge is 2.47. The van der Waals surface area contributed by atoms with Crippen LogP contribution in [0.2, 0.25) is 0 Å². The van der Waals surface area contributed by atoms with Crippen LogP contribution in [0, 0.1) is 5.92 Å². The van der Waals surface area contributed by atoms with Gasteiger partial charge in [0.25, 0.3) is 0 Å². The minimum Gasteiger partial charge on any atom is -0.388 e. The number of fused-ring (bicyclic) bond motifs is 6. The molecule has 0 radical (unpaired) electrons. The predicted octanol–water partition coefficient (Wildman–Crippen LogP) is -0.760. The van der Waals surface area contributed by atoms with Crippen molar-refractivity contribution in [1.29, 1.82) is 0 Å². The third kappa shape index (κ3) is 7.26. The van der Waals surface area contributed by atoms with Crippen molar-refractivity contribution in [3.05, 3.63) is 35.4 Å². The van der Waals surface area contributed by atoms with Crippen LogP contribution in [0.5, 0.6) is 0 Å². The van der Waals surface area contributed by atoms with E-state index in [1.807, 2.05) is 0 Å². The van der Waals surface area contributed by atoms with E-state index in [-0.39, 0.29) is 69.8 Å². The number of benzene rings is 1. The van der Waals surface area contributed by atoms with Crippen molar-refractivity contribution in [1.82, 2.24) is 25.3 Å². The van der Waals surface area contributed by atoms with Gasteiger partial charge in [0, 0.05) is 57.9 Å². The molecule has 1 aromatic carbocycles. The van der Waals surface area contributed by atoms with Crippen molar-refractivity contribution in [3.63, 3.8) is 0 Å². The lowest BCUT2D eigenvalue weighted by atomic mass is 9.96. The maximum atomic E-state index is 14.1. The molecule has 0 unspecified atom stereocenters. The maximum absolute atomic E-state index is 14.1. The highest BCUT2D eigenvalue weighted by atomic mass is 19.4. The molecule has 47 heavy (non-hydrogen) atoms. The van der Waals surface area contributed by atoms with E-state index in [0.29, 0.717) is 31.6 Å². The summed E-state index contributed by atoms with van der Waals surface area (Å²) >= 11 is 0. The molecule has 6 rings (SSSR count). The van der Waals surface area contributed by atoms with Gasteiger partial charge in [0.2, 0.25) is 23.6 Å². The number of piperazine rings is 1. The normalized spacial score (nSPS) is 33.1. The van der Waals surface area contributed by atoms with Gasteiger partial charge in [0.15, 0.2) is 0 Å². The summed E-state index contributed by atoms with van der Waals surface area (Å²) in [6.45, 7) is 1.19. The number of ether oxygens (including phenoxy) is 2. The van der Waals surface area contributed by atoms with Crippen LogP contribution in [0.3, 0.4) is 0 Å². The number of aliphatic hydroxyl groups excluding tert-OH is 2. The largest absolute Gasteiger partial charge is 0.416 e. The first-order valence-corrected chi connectivity index (χ1v) is 16.0. The molecule has 5 aliphatic heterocycles. The van der Waals surface area contributed by atoms with E-state index >= 15 is 0 Å². The van der Waals surface area contributed by atoms with Gasteiger partial charge in [-0.25, -0.2) is 0 Å². The number of halogens is 3. The summed E-state index contributed by atoms with van der Waals surface area (Å²) < 4.78 is 50.7. The number of amides is 4. The average molecular weight is 668 g/mol. The molecule has 0 spiro atoms. The van der Waals surface area contributed by atoms with E-state index in [4.69, 9.17) is 9.47 Å². The number of nitrogens with one attached hydrogen (secondary N) is 2. The van der Waals surface area contributed by atoms with E-state index in [0.717, 1.165) is 12.1 Å². The summed E-state index contributed by atoms with van der Waals surface area (Å²) in [6.07, 6.45) is -8.35. The Hall–Kier alpha value is -3.31. The molecule has 5 heterocycles. The summed E-state index contributed by atoms with van der Waals surface area (Å²) in [5, 5.41) is 26.8. The van der Waals surface area contributed by atoms with Crippen molar-refractivity contribution in [2.24, 2.45) is 5.92 Å². The molecule has 4 amide bonds. The van der Waals surface area contributed by atoms with Gasteiger partial charge in [-0.15, -0.1) is 0 Å². The number of likely N-dealkylation sites (tertiary alicyclic amines) is 1. The second-order valence-electron chi connectivity index (χ2n) is 13.0. The number of hydrogen-bond donors (Lipinski definition) is 4. The number of carbonyl (C=O) groups is 4. The van der Waals surface area contributed by atoms with Crippen LogP contribution in [-0.4, -0.2) is 137 Å². The van der Waals surface area contributed by atoms with E-state index < -0.39 is 66.1 Å². The van der Waals surface area contributed by atoms with Crippen molar-refractivity contribution in [2.45, 2.75) is 80.9 Å². The van der Waals surface area contributed by atoms with Crippen molar-refractivity contribution >= 4 is 23.6 Å². The molecule has 1 aromatic rings. The van der Waals surface area contributed by atoms with Crippen LogP contribution < -0.4 is 10.6 Å². The van der Waals surface area contributed by atoms with E-state index in [9.17, 15) is 42.6 Å². The lowest BCUT2D eigenvalue weighted by molar-refractivity contribution is -0.154. The van der Waals surface area contributed by atoms with Gasteiger partial charge < -0.3 is 40.1 Å². The predicted molar refractivity (Wildman–Crippen MR) is 156 cm³/mol. The lowest BCUT2D eigenvalue weighted by Crippen LogP contribution is -2.64. The van der Waals surface area contributed by atoms with Gasteiger partial charge in [-0.05, 0) is 37.0 Å².